The Labute approximate surface area is 123 Å². The van der Waals surface area contributed by atoms with Crippen molar-refractivity contribution in [3.63, 3.8) is 0 Å². The van der Waals surface area contributed by atoms with Crippen LogP contribution in [0.1, 0.15) is 19.4 Å². The van der Waals surface area contributed by atoms with Gasteiger partial charge in [0.25, 0.3) is 0 Å². The van der Waals surface area contributed by atoms with Crippen molar-refractivity contribution >= 4 is 0 Å². The van der Waals surface area contributed by atoms with E-state index in [1.807, 2.05) is 24.3 Å². The normalized spacial score (nSPS) is 12.9. The highest BCUT2D eigenvalue weighted by molar-refractivity contribution is 5.28. The molecule has 20 heavy (non-hydrogen) atoms. The summed E-state index contributed by atoms with van der Waals surface area (Å²) >= 11 is 0. The Hall–Kier alpha value is -1.10. The molecule has 1 aromatic carbocycles. The second-order valence-electron chi connectivity index (χ2n) is 5.44. The van der Waals surface area contributed by atoms with Crippen LogP contribution in [0.5, 0.6) is 5.75 Å². The van der Waals surface area contributed by atoms with E-state index in [4.69, 9.17) is 10.5 Å². The largest absolute Gasteiger partial charge is 0.492 e. The Balaban J connectivity index is 2.40. The molecule has 0 aliphatic rings. The third kappa shape index (κ3) is 5.90. The van der Waals surface area contributed by atoms with Gasteiger partial charge in [0.15, 0.2) is 0 Å². The van der Waals surface area contributed by atoms with Crippen LogP contribution in [-0.4, -0.2) is 56.2 Å². The molecule has 1 atom stereocenters. The lowest BCUT2D eigenvalue weighted by Crippen LogP contribution is -2.41. The van der Waals surface area contributed by atoms with E-state index in [-0.39, 0.29) is 0 Å². The van der Waals surface area contributed by atoms with Crippen LogP contribution in [0.25, 0.3) is 0 Å². The van der Waals surface area contributed by atoms with Gasteiger partial charge in [0.05, 0.1) is 0 Å². The number of rotatable bonds is 9. The molecule has 0 heterocycles. The van der Waals surface area contributed by atoms with Gasteiger partial charge in [-0.05, 0) is 45.3 Å². The molecule has 0 fully saturated rings. The minimum absolute atomic E-state index is 0.536. The van der Waals surface area contributed by atoms with E-state index in [1.54, 1.807) is 0 Å². The maximum atomic E-state index is 5.83. The number of hydrogen-bond donors (Lipinski definition) is 1. The third-order valence-electron chi connectivity index (χ3n) is 3.44. The Kier molecular flexibility index (Phi) is 7.59. The minimum atomic E-state index is 0.536. The van der Waals surface area contributed by atoms with Gasteiger partial charge in [0, 0.05) is 25.7 Å². The molecule has 4 nitrogen and oxygen atoms in total. The van der Waals surface area contributed by atoms with Crippen LogP contribution in [0.4, 0.5) is 0 Å². The lowest BCUT2D eigenvalue weighted by atomic mass is 10.2. The first-order valence-corrected chi connectivity index (χ1v) is 7.37. The van der Waals surface area contributed by atoms with Gasteiger partial charge in [0.1, 0.15) is 12.4 Å². The molecule has 1 rings (SSSR count). The fourth-order valence-corrected chi connectivity index (χ4v) is 2.38. The van der Waals surface area contributed by atoms with Crippen molar-refractivity contribution in [2.75, 3.05) is 40.3 Å². The van der Waals surface area contributed by atoms with Gasteiger partial charge in [-0.2, -0.15) is 0 Å². The van der Waals surface area contributed by atoms with Crippen molar-refractivity contribution in [3.05, 3.63) is 29.8 Å². The highest BCUT2D eigenvalue weighted by atomic mass is 16.5. The summed E-state index contributed by atoms with van der Waals surface area (Å²) < 4.78 is 5.83. The zero-order valence-electron chi connectivity index (χ0n) is 13.3. The van der Waals surface area contributed by atoms with Crippen molar-refractivity contribution in [1.82, 2.24) is 9.80 Å². The Morgan fingerprint density at radius 3 is 2.65 bits per heavy atom. The summed E-state index contributed by atoms with van der Waals surface area (Å²) in [5.74, 6) is 0.907. The molecule has 0 saturated heterocycles. The summed E-state index contributed by atoms with van der Waals surface area (Å²) in [6.07, 6.45) is 0. The third-order valence-corrected chi connectivity index (χ3v) is 3.44. The number of ether oxygens (including phenoxy) is 1. The lowest BCUT2D eigenvalue weighted by molar-refractivity contribution is 0.152. The van der Waals surface area contributed by atoms with Crippen LogP contribution in [0.2, 0.25) is 0 Å². The molecule has 0 aliphatic carbocycles. The quantitative estimate of drug-likeness (QED) is 0.748. The molecule has 0 saturated carbocycles. The molecule has 2 N–H and O–H groups in total. The van der Waals surface area contributed by atoms with E-state index in [1.165, 1.54) is 0 Å². The number of benzene rings is 1. The summed E-state index contributed by atoms with van der Waals surface area (Å²) in [6, 6.07) is 8.54. The van der Waals surface area contributed by atoms with Gasteiger partial charge < -0.3 is 15.4 Å². The average Bonchev–Trinajstić information content (AvgIpc) is 2.43. The van der Waals surface area contributed by atoms with Crippen molar-refractivity contribution in [3.8, 4) is 5.75 Å². The molecule has 4 heteroatoms. The highest BCUT2D eigenvalue weighted by Gasteiger charge is 2.12. The van der Waals surface area contributed by atoms with Gasteiger partial charge in [-0.15, -0.1) is 0 Å². The van der Waals surface area contributed by atoms with E-state index < -0.39 is 0 Å². The standard InChI is InChI=1S/C16H29N3O/c1-5-19(14(2)13-18(3)4)9-10-20-16-8-6-7-15(11-16)12-17/h6-8,11,14H,5,9-10,12-13,17H2,1-4H3. The molecule has 1 unspecified atom stereocenters. The zero-order valence-corrected chi connectivity index (χ0v) is 13.3. The van der Waals surface area contributed by atoms with Crippen molar-refractivity contribution in [1.29, 1.82) is 0 Å². The highest BCUT2D eigenvalue weighted by Crippen LogP contribution is 2.13. The van der Waals surface area contributed by atoms with Crippen molar-refractivity contribution < 1.29 is 4.74 Å². The van der Waals surface area contributed by atoms with Crippen molar-refractivity contribution in [2.45, 2.75) is 26.4 Å². The molecular weight excluding hydrogens is 250 g/mol. The van der Waals surface area contributed by atoms with Gasteiger partial charge in [-0.25, -0.2) is 0 Å². The van der Waals surface area contributed by atoms with Crippen LogP contribution in [-0.2, 0) is 6.54 Å². The van der Waals surface area contributed by atoms with Gasteiger partial charge in [-0.1, -0.05) is 19.1 Å². The first kappa shape index (κ1) is 17.0. The molecular formula is C16H29N3O. The number of likely N-dealkylation sites (N-methyl/N-ethyl adjacent to an activating group) is 2. The summed E-state index contributed by atoms with van der Waals surface area (Å²) in [4.78, 5) is 4.66. The summed E-state index contributed by atoms with van der Waals surface area (Å²) in [5, 5.41) is 0. The van der Waals surface area contributed by atoms with Crippen LogP contribution in [0.15, 0.2) is 24.3 Å². The molecule has 0 aromatic heterocycles. The molecule has 0 bridgehead atoms. The van der Waals surface area contributed by atoms with Gasteiger partial charge >= 0.3 is 0 Å². The van der Waals surface area contributed by atoms with Gasteiger partial charge in [-0.3, -0.25) is 4.90 Å². The van der Waals surface area contributed by atoms with E-state index in [9.17, 15) is 0 Å². The fourth-order valence-electron chi connectivity index (χ4n) is 2.38. The van der Waals surface area contributed by atoms with Crippen LogP contribution < -0.4 is 10.5 Å². The SMILES string of the molecule is CCN(CCOc1cccc(CN)c1)C(C)CN(C)C. The van der Waals surface area contributed by atoms with E-state index in [0.717, 1.165) is 30.9 Å². The lowest BCUT2D eigenvalue weighted by Gasteiger charge is -2.29. The van der Waals surface area contributed by atoms with Gasteiger partial charge in [0.2, 0.25) is 0 Å². The predicted octanol–water partition coefficient (Wildman–Crippen LogP) is 1.80. The Morgan fingerprint density at radius 1 is 1.30 bits per heavy atom. The van der Waals surface area contributed by atoms with E-state index in [2.05, 4.69) is 37.7 Å². The number of hydrogen-bond acceptors (Lipinski definition) is 4. The average molecular weight is 279 g/mol. The molecule has 1 aromatic rings. The molecule has 114 valence electrons. The van der Waals surface area contributed by atoms with Crippen molar-refractivity contribution in [2.24, 2.45) is 5.73 Å². The van der Waals surface area contributed by atoms with Crippen LogP contribution in [0.3, 0.4) is 0 Å². The Morgan fingerprint density at radius 2 is 2.05 bits per heavy atom. The van der Waals surface area contributed by atoms with Crippen LogP contribution >= 0.6 is 0 Å². The second-order valence-corrected chi connectivity index (χ2v) is 5.44. The van der Waals surface area contributed by atoms with E-state index in [0.29, 0.717) is 19.2 Å². The minimum Gasteiger partial charge on any atom is -0.492 e. The first-order chi connectivity index (χ1) is 9.56. The van der Waals surface area contributed by atoms with E-state index >= 15 is 0 Å². The summed E-state index contributed by atoms with van der Waals surface area (Å²) in [6.45, 7) is 8.77. The number of nitrogens with zero attached hydrogens (tertiary/aromatic N) is 2. The predicted molar refractivity (Wildman–Crippen MR) is 85.1 cm³/mol. The fraction of sp³-hybridized carbons (Fsp3) is 0.625. The zero-order chi connectivity index (χ0) is 15.0. The molecule has 0 spiro atoms. The first-order valence-electron chi connectivity index (χ1n) is 7.37. The molecule has 0 aliphatic heterocycles. The summed E-state index contributed by atoms with van der Waals surface area (Å²) in [5.41, 5.74) is 6.74. The maximum Gasteiger partial charge on any atom is 0.119 e. The second kappa shape index (κ2) is 8.95. The maximum absolute atomic E-state index is 5.83. The molecule has 0 amide bonds. The smallest absolute Gasteiger partial charge is 0.119 e. The monoisotopic (exact) mass is 279 g/mol. The Bertz CT molecular complexity index is 382. The number of nitrogens with two attached hydrogens (primary N) is 1. The summed E-state index contributed by atoms with van der Waals surface area (Å²) in [7, 11) is 4.22. The topological polar surface area (TPSA) is 41.7 Å². The molecule has 0 radical (unpaired) electrons. The van der Waals surface area contributed by atoms with Crippen LogP contribution in [0, 0.1) is 0 Å².